The molecule has 6 nitrogen and oxygen atoms in total. The summed E-state index contributed by atoms with van der Waals surface area (Å²) < 4.78 is 12.7. The Morgan fingerprint density at radius 1 is 0.920 bits per heavy atom. The molecule has 3 heterocycles. The van der Waals surface area contributed by atoms with Crippen LogP contribution in [0.5, 0.6) is 11.5 Å². The average molecular weight is 330 g/mol. The van der Waals surface area contributed by atoms with Crippen molar-refractivity contribution < 1.29 is 9.47 Å². The lowest BCUT2D eigenvalue weighted by Crippen LogP contribution is -1.97. The number of hydrogen-bond donors (Lipinski definition) is 1. The fourth-order valence-electron chi connectivity index (χ4n) is 2.98. The molecule has 25 heavy (non-hydrogen) atoms. The first-order valence-corrected chi connectivity index (χ1v) is 7.89. The number of benzene rings is 2. The number of rotatable bonds is 2. The Bertz CT molecular complexity index is 1100. The van der Waals surface area contributed by atoms with Crippen LogP contribution in [0.3, 0.4) is 0 Å². The zero-order valence-corrected chi connectivity index (χ0v) is 13.2. The second kappa shape index (κ2) is 5.24. The van der Waals surface area contributed by atoms with E-state index in [0.717, 1.165) is 39.7 Å². The summed E-state index contributed by atoms with van der Waals surface area (Å²) in [5, 5.41) is 4.74. The Labute approximate surface area is 143 Å². The van der Waals surface area contributed by atoms with E-state index in [9.17, 15) is 0 Å². The summed E-state index contributed by atoms with van der Waals surface area (Å²) in [4.78, 5) is 4.44. The standard InChI is InChI=1S/C19H14N4O2/c20-14-3-1-2-12(8-14)15-5-7-19-21-10-16(23(19)22-15)13-4-6-17-18(9-13)25-11-24-17/h1-10H,11,20H2. The molecular weight excluding hydrogens is 316 g/mol. The second-order valence-corrected chi connectivity index (χ2v) is 5.83. The van der Waals surface area contributed by atoms with Gasteiger partial charge in [0.1, 0.15) is 0 Å². The molecule has 0 amide bonds. The first-order chi connectivity index (χ1) is 12.3. The molecule has 4 aromatic rings. The number of ether oxygens (including phenoxy) is 2. The van der Waals surface area contributed by atoms with Crippen molar-refractivity contribution in [1.29, 1.82) is 0 Å². The van der Waals surface area contributed by atoms with Gasteiger partial charge in [-0.2, -0.15) is 5.10 Å². The van der Waals surface area contributed by atoms with Crippen LogP contribution in [0.1, 0.15) is 0 Å². The number of anilines is 1. The number of hydrogen-bond acceptors (Lipinski definition) is 5. The van der Waals surface area contributed by atoms with Crippen molar-refractivity contribution in [2.45, 2.75) is 0 Å². The van der Waals surface area contributed by atoms with E-state index in [1.54, 1.807) is 0 Å². The molecule has 122 valence electrons. The van der Waals surface area contributed by atoms with Crippen LogP contribution in [0.4, 0.5) is 5.69 Å². The third-order valence-electron chi connectivity index (χ3n) is 4.21. The van der Waals surface area contributed by atoms with E-state index in [1.165, 1.54) is 0 Å². The summed E-state index contributed by atoms with van der Waals surface area (Å²) in [5.74, 6) is 1.49. The topological polar surface area (TPSA) is 74.7 Å². The van der Waals surface area contributed by atoms with E-state index in [1.807, 2.05) is 65.3 Å². The van der Waals surface area contributed by atoms with Crippen molar-refractivity contribution in [3.8, 4) is 34.0 Å². The number of aromatic nitrogens is 3. The van der Waals surface area contributed by atoms with Gasteiger partial charge in [-0.1, -0.05) is 12.1 Å². The molecular formula is C19H14N4O2. The molecule has 0 unspecified atom stereocenters. The third kappa shape index (κ3) is 2.27. The van der Waals surface area contributed by atoms with Gasteiger partial charge in [0.2, 0.25) is 6.79 Å². The predicted molar refractivity (Wildman–Crippen MR) is 94.4 cm³/mol. The Morgan fingerprint density at radius 3 is 2.76 bits per heavy atom. The number of nitrogen functional groups attached to an aromatic ring is 1. The Morgan fingerprint density at radius 2 is 1.84 bits per heavy atom. The van der Waals surface area contributed by atoms with Crippen molar-refractivity contribution in [2.24, 2.45) is 0 Å². The van der Waals surface area contributed by atoms with E-state index < -0.39 is 0 Å². The highest BCUT2D eigenvalue weighted by molar-refractivity contribution is 5.69. The second-order valence-electron chi connectivity index (χ2n) is 5.83. The number of fused-ring (bicyclic) bond motifs is 2. The van der Waals surface area contributed by atoms with Gasteiger partial charge in [0.05, 0.1) is 17.6 Å². The van der Waals surface area contributed by atoms with Gasteiger partial charge in [-0.05, 0) is 42.5 Å². The van der Waals surface area contributed by atoms with E-state index in [0.29, 0.717) is 5.69 Å². The zero-order valence-electron chi connectivity index (χ0n) is 13.2. The van der Waals surface area contributed by atoms with Crippen LogP contribution in [0.25, 0.3) is 28.2 Å². The summed E-state index contributed by atoms with van der Waals surface area (Å²) in [6.07, 6.45) is 1.81. The van der Waals surface area contributed by atoms with Crippen LogP contribution in [0, 0.1) is 0 Å². The first kappa shape index (κ1) is 13.9. The zero-order chi connectivity index (χ0) is 16.8. The molecule has 1 aliphatic rings. The predicted octanol–water partition coefficient (Wildman–Crippen LogP) is 3.37. The molecule has 1 aliphatic heterocycles. The van der Waals surface area contributed by atoms with Crippen LogP contribution >= 0.6 is 0 Å². The van der Waals surface area contributed by atoms with E-state index in [4.69, 9.17) is 20.3 Å². The van der Waals surface area contributed by atoms with Crippen molar-refractivity contribution in [3.05, 3.63) is 60.8 Å². The molecule has 0 saturated carbocycles. The summed E-state index contributed by atoms with van der Waals surface area (Å²) in [6, 6.07) is 17.4. The number of imidazole rings is 1. The van der Waals surface area contributed by atoms with E-state index in [-0.39, 0.29) is 6.79 Å². The minimum atomic E-state index is 0.254. The molecule has 5 rings (SSSR count). The highest BCUT2D eigenvalue weighted by Gasteiger charge is 2.16. The van der Waals surface area contributed by atoms with Crippen molar-refractivity contribution in [3.63, 3.8) is 0 Å². The van der Waals surface area contributed by atoms with Crippen molar-refractivity contribution >= 4 is 11.3 Å². The molecule has 0 fully saturated rings. The molecule has 0 radical (unpaired) electrons. The van der Waals surface area contributed by atoms with Crippen molar-refractivity contribution in [2.75, 3.05) is 12.5 Å². The lowest BCUT2D eigenvalue weighted by Gasteiger charge is -2.06. The smallest absolute Gasteiger partial charge is 0.231 e. The van der Waals surface area contributed by atoms with Crippen LogP contribution in [-0.4, -0.2) is 21.4 Å². The SMILES string of the molecule is Nc1cccc(-c2ccc3ncc(-c4ccc5c(c4)OCO5)n3n2)c1. The fourth-order valence-corrected chi connectivity index (χ4v) is 2.98. The Balaban J connectivity index is 1.66. The molecule has 0 atom stereocenters. The summed E-state index contributed by atoms with van der Waals surface area (Å²) in [6.45, 7) is 0.254. The van der Waals surface area contributed by atoms with Gasteiger partial charge in [-0.15, -0.1) is 0 Å². The van der Waals surface area contributed by atoms with Gasteiger partial charge in [-0.25, -0.2) is 9.50 Å². The maximum Gasteiger partial charge on any atom is 0.231 e. The van der Waals surface area contributed by atoms with Gasteiger partial charge in [-0.3, -0.25) is 0 Å². The first-order valence-electron chi connectivity index (χ1n) is 7.89. The quantitative estimate of drug-likeness (QED) is 0.570. The van der Waals surface area contributed by atoms with Gasteiger partial charge in [0, 0.05) is 16.8 Å². The van der Waals surface area contributed by atoms with E-state index >= 15 is 0 Å². The molecule has 0 bridgehead atoms. The lowest BCUT2D eigenvalue weighted by atomic mass is 10.1. The molecule has 6 heteroatoms. The normalized spacial score (nSPS) is 12.6. The maximum absolute atomic E-state index is 5.89. The molecule has 2 N–H and O–H groups in total. The molecule has 0 saturated heterocycles. The van der Waals surface area contributed by atoms with Gasteiger partial charge in [0.25, 0.3) is 0 Å². The fraction of sp³-hybridized carbons (Fsp3) is 0.0526. The average Bonchev–Trinajstić information content (AvgIpc) is 3.27. The number of nitrogens with zero attached hydrogens (tertiary/aromatic N) is 3. The van der Waals surface area contributed by atoms with Gasteiger partial charge >= 0.3 is 0 Å². The molecule has 0 spiro atoms. The van der Waals surface area contributed by atoms with Crippen molar-refractivity contribution in [1.82, 2.24) is 14.6 Å². The third-order valence-corrected chi connectivity index (χ3v) is 4.21. The van der Waals surface area contributed by atoms with Gasteiger partial charge < -0.3 is 15.2 Å². The van der Waals surface area contributed by atoms with Crippen LogP contribution in [0.15, 0.2) is 60.8 Å². The molecule has 0 aliphatic carbocycles. The Kier molecular flexibility index (Phi) is 2.90. The molecule has 2 aromatic carbocycles. The minimum absolute atomic E-state index is 0.254. The number of nitrogens with two attached hydrogens (primary N) is 1. The Hall–Kier alpha value is -3.54. The summed E-state index contributed by atoms with van der Waals surface area (Å²) >= 11 is 0. The summed E-state index contributed by atoms with van der Waals surface area (Å²) in [7, 11) is 0. The van der Waals surface area contributed by atoms with Crippen LogP contribution in [0.2, 0.25) is 0 Å². The lowest BCUT2D eigenvalue weighted by molar-refractivity contribution is 0.174. The largest absolute Gasteiger partial charge is 0.454 e. The maximum atomic E-state index is 5.89. The summed E-state index contributed by atoms with van der Waals surface area (Å²) in [5.41, 5.74) is 11.0. The van der Waals surface area contributed by atoms with Crippen LogP contribution in [-0.2, 0) is 0 Å². The van der Waals surface area contributed by atoms with E-state index in [2.05, 4.69) is 4.98 Å². The minimum Gasteiger partial charge on any atom is -0.454 e. The van der Waals surface area contributed by atoms with Crippen LogP contribution < -0.4 is 15.2 Å². The van der Waals surface area contributed by atoms with Gasteiger partial charge in [0.15, 0.2) is 17.1 Å². The highest BCUT2D eigenvalue weighted by Crippen LogP contribution is 2.36. The monoisotopic (exact) mass is 330 g/mol. The highest BCUT2D eigenvalue weighted by atomic mass is 16.7. The molecule has 2 aromatic heterocycles.